The van der Waals surface area contributed by atoms with Crippen molar-refractivity contribution >= 4 is 5.97 Å². The van der Waals surface area contributed by atoms with Crippen molar-refractivity contribution in [2.45, 2.75) is 346 Å². The van der Waals surface area contributed by atoms with Gasteiger partial charge in [-0.05, 0) is 64.2 Å². The molecule has 4 N–H and O–H groups in total. The second kappa shape index (κ2) is 54.5. The maximum Gasteiger partial charge on any atom is 0.306 e. The minimum Gasteiger partial charge on any atom is -0.457 e. The van der Waals surface area contributed by atoms with Crippen molar-refractivity contribution in [2.75, 3.05) is 26.4 Å². The molecule has 0 aromatic rings. The lowest BCUT2D eigenvalue weighted by atomic mass is 9.99. The van der Waals surface area contributed by atoms with Gasteiger partial charge in [-0.1, -0.05) is 263 Å². The quantitative estimate of drug-likeness (QED) is 0.0267. The average molecular weight is 1020 g/mol. The number of hydrogen-bond donors (Lipinski definition) is 4. The third kappa shape index (κ3) is 43.9. The van der Waals surface area contributed by atoms with Crippen LogP contribution in [-0.4, -0.2) is 89.6 Å². The molecule has 0 amide bonds. The Morgan fingerprint density at radius 3 is 1.12 bits per heavy atom. The normalized spacial score (nSPS) is 18.8. The average Bonchev–Trinajstić information content (AvgIpc) is 3.38. The van der Waals surface area contributed by atoms with Gasteiger partial charge in [-0.3, -0.25) is 4.79 Å². The highest BCUT2D eigenvalue weighted by molar-refractivity contribution is 5.69. The van der Waals surface area contributed by atoms with E-state index in [9.17, 15) is 25.2 Å². The predicted molar refractivity (Wildman–Crippen MR) is 302 cm³/mol. The number of hydrogen-bond acceptors (Lipinski definition) is 9. The zero-order valence-corrected chi connectivity index (χ0v) is 47.5. The number of ether oxygens (including phenoxy) is 4. The number of carbonyl (C=O) groups excluding carboxylic acids is 1. The Kier molecular flexibility index (Phi) is 52.0. The summed E-state index contributed by atoms with van der Waals surface area (Å²) in [4.78, 5) is 12.9. The number of rotatable bonds is 56. The van der Waals surface area contributed by atoms with E-state index in [0.29, 0.717) is 13.0 Å². The summed E-state index contributed by atoms with van der Waals surface area (Å²) < 4.78 is 23.0. The highest BCUT2D eigenvalue weighted by Crippen LogP contribution is 2.23. The van der Waals surface area contributed by atoms with E-state index < -0.39 is 43.4 Å². The van der Waals surface area contributed by atoms with E-state index in [0.717, 1.165) is 32.1 Å². The lowest BCUT2D eigenvalue weighted by molar-refractivity contribution is -0.305. The summed E-state index contributed by atoms with van der Waals surface area (Å²) in [6.45, 7) is 4.63. The number of esters is 1. The Hall–Kier alpha value is -1.33. The van der Waals surface area contributed by atoms with Crippen LogP contribution in [0.25, 0.3) is 0 Å². The summed E-state index contributed by atoms with van der Waals surface area (Å²) in [6.07, 6.45) is 61.0. The fourth-order valence-corrected chi connectivity index (χ4v) is 9.96. The number of allylic oxidation sites excluding steroid dienone is 4. The molecule has 1 rings (SSSR count). The van der Waals surface area contributed by atoms with Crippen molar-refractivity contribution in [1.29, 1.82) is 0 Å². The van der Waals surface area contributed by atoms with E-state index in [1.165, 1.54) is 257 Å². The summed E-state index contributed by atoms with van der Waals surface area (Å²) in [7, 11) is 0. The molecule has 0 radical (unpaired) electrons. The zero-order chi connectivity index (χ0) is 52.1. The van der Waals surface area contributed by atoms with Gasteiger partial charge in [-0.15, -0.1) is 0 Å². The molecule has 6 unspecified atom stereocenters. The molecule has 426 valence electrons. The first-order valence-electron chi connectivity index (χ1n) is 31.4. The van der Waals surface area contributed by atoms with Gasteiger partial charge in [0.25, 0.3) is 0 Å². The lowest BCUT2D eigenvalue weighted by Crippen LogP contribution is -2.59. The van der Waals surface area contributed by atoms with Crippen molar-refractivity contribution in [3.8, 4) is 0 Å². The smallest absolute Gasteiger partial charge is 0.306 e. The van der Waals surface area contributed by atoms with Crippen LogP contribution in [0.5, 0.6) is 0 Å². The fraction of sp³-hybridized carbons (Fsp3) is 0.921. The van der Waals surface area contributed by atoms with Gasteiger partial charge in [0.2, 0.25) is 0 Å². The van der Waals surface area contributed by atoms with Crippen LogP contribution in [0.4, 0.5) is 0 Å². The summed E-state index contributed by atoms with van der Waals surface area (Å²) in [5, 5.41) is 40.4. The molecular formula is C63H120O9. The number of unbranched alkanes of at least 4 members (excludes halogenated alkanes) is 41. The Morgan fingerprint density at radius 1 is 0.431 bits per heavy atom. The van der Waals surface area contributed by atoms with E-state index >= 15 is 0 Å². The predicted octanol–water partition coefficient (Wildman–Crippen LogP) is 16.8. The minimum absolute atomic E-state index is 0.109. The van der Waals surface area contributed by atoms with Gasteiger partial charge in [-0.25, -0.2) is 0 Å². The molecule has 0 aromatic carbocycles. The Balaban J connectivity index is 2.11. The summed E-state index contributed by atoms with van der Waals surface area (Å²) in [5.41, 5.74) is 0. The van der Waals surface area contributed by atoms with E-state index in [1.807, 2.05) is 0 Å². The first-order chi connectivity index (χ1) is 35.4. The molecule has 1 fully saturated rings. The van der Waals surface area contributed by atoms with Crippen LogP contribution in [-0.2, 0) is 23.7 Å². The van der Waals surface area contributed by atoms with Gasteiger partial charge in [0, 0.05) is 13.0 Å². The Bertz CT molecular complexity index is 1160. The molecule has 1 aliphatic heterocycles. The van der Waals surface area contributed by atoms with Crippen LogP contribution in [0.3, 0.4) is 0 Å². The topological polar surface area (TPSA) is 135 Å². The molecule has 0 spiro atoms. The fourth-order valence-electron chi connectivity index (χ4n) is 9.96. The van der Waals surface area contributed by atoms with E-state index in [2.05, 4.69) is 38.2 Å². The van der Waals surface area contributed by atoms with Crippen LogP contribution < -0.4 is 0 Å². The van der Waals surface area contributed by atoms with Crippen LogP contribution in [0.1, 0.15) is 309 Å². The highest BCUT2D eigenvalue weighted by Gasteiger charge is 2.44. The van der Waals surface area contributed by atoms with Crippen molar-refractivity contribution in [3.63, 3.8) is 0 Å². The third-order valence-corrected chi connectivity index (χ3v) is 14.8. The van der Waals surface area contributed by atoms with Gasteiger partial charge in [-0.2, -0.15) is 0 Å². The summed E-state index contributed by atoms with van der Waals surface area (Å²) in [5.74, 6) is -0.307. The van der Waals surface area contributed by atoms with Gasteiger partial charge >= 0.3 is 5.97 Å². The molecule has 0 aromatic heterocycles. The van der Waals surface area contributed by atoms with Crippen molar-refractivity contribution in [1.82, 2.24) is 0 Å². The summed E-state index contributed by atoms with van der Waals surface area (Å²) in [6, 6.07) is 0. The standard InChI is InChI=1S/C63H120O9/c1-3-5-7-9-11-13-15-17-19-21-23-25-27-28-29-31-33-35-37-39-41-43-45-47-49-51-53-69-55-57(56-70-63-62(68)61(67)60(66)58(54-64)72-63)71-59(65)52-50-48-46-44-42-40-38-36-34-32-30-26-24-22-20-18-16-14-12-10-8-6-4-2/h21-24,57-58,60-64,66-68H,3-20,25-56H2,1-2H3/b23-21-,24-22-. The SMILES string of the molecule is CCCCCCCCCC/C=C\CCCCCCCCCCCCCCCCOCC(COC1OC(CO)C(O)C(O)C1O)OC(=O)CCCCCCCCCCCCC/C=C\CCCCCCCCCC. The molecule has 0 aliphatic carbocycles. The first kappa shape index (κ1) is 68.7. The highest BCUT2D eigenvalue weighted by atomic mass is 16.7. The number of aliphatic hydroxyl groups excluding tert-OH is 4. The molecule has 0 saturated carbocycles. The van der Waals surface area contributed by atoms with E-state index in [4.69, 9.17) is 18.9 Å². The molecule has 9 nitrogen and oxygen atoms in total. The molecular weight excluding hydrogens is 901 g/mol. The molecule has 0 bridgehead atoms. The molecule has 1 heterocycles. The monoisotopic (exact) mass is 1020 g/mol. The van der Waals surface area contributed by atoms with Crippen molar-refractivity contribution < 1.29 is 44.2 Å². The third-order valence-electron chi connectivity index (χ3n) is 14.8. The Morgan fingerprint density at radius 2 is 0.764 bits per heavy atom. The van der Waals surface area contributed by atoms with Gasteiger partial charge in [0.15, 0.2) is 6.29 Å². The second-order valence-electron chi connectivity index (χ2n) is 21.9. The van der Waals surface area contributed by atoms with Crippen LogP contribution in [0.15, 0.2) is 24.3 Å². The zero-order valence-electron chi connectivity index (χ0n) is 47.5. The molecule has 9 heteroatoms. The van der Waals surface area contributed by atoms with Crippen LogP contribution >= 0.6 is 0 Å². The Labute approximate surface area is 445 Å². The largest absolute Gasteiger partial charge is 0.457 e. The minimum atomic E-state index is -1.54. The molecule has 1 aliphatic rings. The second-order valence-corrected chi connectivity index (χ2v) is 21.9. The maximum atomic E-state index is 12.9. The van der Waals surface area contributed by atoms with E-state index in [-0.39, 0.29) is 19.2 Å². The van der Waals surface area contributed by atoms with Crippen molar-refractivity contribution in [3.05, 3.63) is 24.3 Å². The van der Waals surface area contributed by atoms with Crippen LogP contribution in [0.2, 0.25) is 0 Å². The van der Waals surface area contributed by atoms with Gasteiger partial charge < -0.3 is 39.4 Å². The summed E-state index contributed by atoms with van der Waals surface area (Å²) >= 11 is 0. The molecule has 6 atom stereocenters. The maximum absolute atomic E-state index is 12.9. The van der Waals surface area contributed by atoms with Gasteiger partial charge in [0.05, 0.1) is 19.8 Å². The van der Waals surface area contributed by atoms with Crippen LogP contribution in [0, 0.1) is 0 Å². The first-order valence-corrected chi connectivity index (χ1v) is 31.4. The molecule has 72 heavy (non-hydrogen) atoms. The molecule has 1 saturated heterocycles. The number of aliphatic hydroxyl groups is 4. The number of carbonyl (C=O) groups is 1. The van der Waals surface area contributed by atoms with E-state index in [1.54, 1.807) is 0 Å². The van der Waals surface area contributed by atoms with Gasteiger partial charge in [0.1, 0.15) is 30.5 Å². The van der Waals surface area contributed by atoms with Crippen molar-refractivity contribution in [2.24, 2.45) is 0 Å². The lowest BCUT2D eigenvalue weighted by Gasteiger charge is -2.39.